The van der Waals surface area contributed by atoms with E-state index >= 15 is 0 Å². The van der Waals surface area contributed by atoms with Gasteiger partial charge >= 0.3 is 0 Å². The first kappa shape index (κ1) is 21.3. The van der Waals surface area contributed by atoms with Crippen molar-refractivity contribution in [2.45, 2.75) is 26.3 Å². The molecule has 7 nitrogen and oxygen atoms in total. The van der Waals surface area contributed by atoms with Gasteiger partial charge in [0.1, 0.15) is 11.5 Å². The van der Waals surface area contributed by atoms with E-state index in [9.17, 15) is 9.59 Å². The average Bonchev–Trinajstić information content (AvgIpc) is 3.42. The van der Waals surface area contributed by atoms with E-state index in [0.717, 1.165) is 37.2 Å². The summed E-state index contributed by atoms with van der Waals surface area (Å²) in [4.78, 5) is 32.2. The molecule has 1 aliphatic rings. The molecule has 0 spiro atoms. The van der Waals surface area contributed by atoms with Gasteiger partial charge in [0, 0.05) is 17.8 Å². The Labute approximate surface area is 185 Å². The van der Waals surface area contributed by atoms with Crippen molar-refractivity contribution < 1.29 is 14.0 Å². The van der Waals surface area contributed by atoms with E-state index in [4.69, 9.17) is 4.42 Å². The van der Waals surface area contributed by atoms with Gasteiger partial charge in [-0.3, -0.25) is 9.59 Å². The first-order valence-corrected chi connectivity index (χ1v) is 11.3. The van der Waals surface area contributed by atoms with E-state index in [1.54, 1.807) is 6.07 Å². The highest BCUT2D eigenvalue weighted by atomic mass is 32.1. The summed E-state index contributed by atoms with van der Waals surface area (Å²) in [5.41, 5.74) is 2.18. The third kappa shape index (κ3) is 5.21. The molecular weight excluding hydrogens is 412 g/mol. The minimum absolute atomic E-state index is 0.00458. The largest absolute Gasteiger partial charge is 0.441 e. The van der Waals surface area contributed by atoms with Crippen LogP contribution >= 0.6 is 11.3 Å². The van der Waals surface area contributed by atoms with Gasteiger partial charge in [-0.1, -0.05) is 12.1 Å². The first-order valence-electron chi connectivity index (χ1n) is 10.4. The maximum atomic E-state index is 12.6. The Morgan fingerprint density at radius 3 is 2.94 bits per heavy atom. The van der Waals surface area contributed by atoms with Crippen LogP contribution in [0.25, 0.3) is 11.5 Å². The molecule has 2 aromatic heterocycles. The summed E-state index contributed by atoms with van der Waals surface area (Å²) in [5.74, 6) is 1.04. The molecular formula is C23H26N4O3S. The number of amides is 2. The molecule has 1 aromatic carbocycles. The number of hydrogen-bond acceptors (Lipinski definition) is 6. The highest BCUT2D eigenvalue weighted by Crippen LogP contribution is 2.25. The fourth-order valence-electron chi connectivity index (χ4n) is 3.73. The molecule has 0 aliphatic carbocycles. The van der Waals surface area contributed by atoms with E-state index in [1.165, 1.54) is 11.3 Å². The molecule has 4 rings (SSSR count). The molecule has 1 atom stereocenters. The molecule has 1 unspecified atom stereocenters. The van der Waals surface area contributed by atoms with Crippen molar-refractivity contribution in [3.05, 3.63) is 58.1 Å². The van der Waals surface area contributed by atoms with Gasteiger partial charge in [-0.05, 0) is 63.0 Å². The number of nitrogens with one attached hydrogen (secondary N) is 2. The third-order valence-electron chi connectivity index (χ3n) is 5.43. The van der Waals surface area contributed by atoms with Crippen molar-refractivity contribution in [2.75, 3.05) is 25.5 Å². The van der Waals surface area contributed by atoms with Crippen LogP contribution in [0.5, 0.6) is 0 Å². The number of thiophene rings is 1. The molecule has 3 heterocycles. The summed E-state index contributed by atoms with van der Waals surface area (Å²) in [7, 11) is 2.05. The maximum absolute atomic E-state index is 12.6. The van der Waals surface area contributed by atoms with Crippen LogP contribution in [-0.2, 0) is 11.3 Å². The Kier molecular flexibility index (Phi) is 6.48. The van der Waals surface area contributed by atoms with Crippen LogP contribution in [-0.4, -0.2) is 41.8 Å². The van der Waals surface area contributed by atoms with E-state index < -0.39 is 0 Å². The number of aryl methyl sites for hydroxylation is 1. The van der Waals surface area contributed by atoms with E-state index in [-0.39, 0.29) is 24.3 Å². The van der Waals surface area contributed by atoms with Gasteiger partial charge < -0.3 is 20.0 Å². The van der Waals surface area contributed by atoms with Crippen molar-refractivity contribution in [2.24, 2.45) is 5.92 Å². The quantitative estimate of drug-likeness (QED) is 0.609. The minimum Gasteiger partial charge on any atom is -0.441 e. The number of anilines is 1. The lowest BCUT2D eigenvalue weighted by Crippen LogP contribution is -2.38. The van der Waals surface area contributed by atoms with Gasteiger partial charge in [-0.2, -0.15) is 0 Å². The molecule has 0 bridgehead atoms. The summed E-state index contributed by atoms with van der Waals surface area (Å²) in [5, 5.41) is 7.77. The lowest BCUT2D eigenvalue weighted by Gasteiger charge is -2.28. The minimum atomic E-state index is -0.128. The fraction of sp³-hybridized carbons (Fsp3) is 0.348. The predicted octanol–water partition coefficient (Wildman–Crippen LogP) is 3.92. The standard InChI is InChI=1S/C23H26N4O3S/c1-15-19(13-24-22(29)20-9-5-11-31-20)26-23(30-15)16-6-3-8-18(12-16)25-21(28)17-7-4-10-27(2)14-17/h3,5-6,8-9,11-12,17H,4,7,10,13-14H2,1-2H3,(H,24,29)(H,25,28). The number of oxazole rings is 1. The Morgan fingerprint density at radius 1 is 1.29 bits per heavy atom. The van der Waals surface area contributed by atoms with Crippen molar-refractivity contribution in [1.29, 1.82) is 0 Å². The van der Waals surface area contributed by atoms with E-state index in [2.05, 4.69) is 20.5 Å². The molecule has 1 saturated heterocycles. The Morgan fingerprint density at radius 2 is 2.16 bits per heavy atom. The number of benzene rings is 1. The summed E-state index contributed by atoms with van der Waals surface area (Å²) in [6.45, 7) is 3.94. The molecule has 31 heavy (non-hydrogen) atoms. The Bertz CT molecular complexity index is 1060. The molecule has 162 valence electrons. The van der Waals surface area contributed by atoms with Crippen LogP contribution in [0, 0.1) is 12.8 Å². The molecule has 1 fully saturated rings. The summed E-state index contributed by atoms with van der Waals surface area (Å²) >= 11 is 1.40. The van der Waals surface area contributed by atoms with Crippen LogP contribution in [0.1, 0.15) is 34.0 Å². The lowest BCUT2D eigenvalue weighted by atomic mass is 9.97. The summed E-state index contributed by atoms with van der Waals surface area (Å²) in [6.07, 6.45) is 1.95. The van der Waals surface area contributed by atoms with Crippen LogP contribution in [0.4, 0.5) is 5.69 Å². The summed E-state index contributed by atoms with van der Waals surface area (Å²) < 4.78 is 5.83. The number of hydrogen-bond donors (Lipinski definition) is 2. The average molecular weight is 439 g/mol. The molecule has 0 radical (unpaired) electrons. The zero-order chi connectivity index (χ0) is 21.8. The van der Waals surface area contributed by atoms with Gasteiger partial charge in [-0.25, -0.2) is 4.98 Å². The Hall–Kier alpha value is -2.97. The van der Waals surface area contributed by atoms with Gasteiger partial charge in [-0.15, -0.1) is 11.3 Å². The first-order chi connectivity index (χ1) is 15.0. The topological polar surface area (TPSA) is 87.5 Å². The van der Waals surface area contributed by atoms with Crippen LogP contribution in [0.3, 0.4) is 0 Å². The molecule has 3 aromatic rings. The normalized spacial score (nSPS) is 16.8. The van der Waals surface area contributed by atoms with Crippen LogP contribution < -0.4 is 10.6 Å². The zero-order valence-electron chi connectivity index (χ0n) is 17.7. The van der Waals surface area contributed by atoms with E-state index in [0.29, 0.717) is 22.2 Å². The van der Waals surface area contributed by atoms with Crippen LogP contribution in [0.15, 0.2) is 46.2 Å². The molecule has 2 N–H and O–H groups in total. The highest BCUT2D eigenvalue weighted by Gasteiger charge is 2.24. The summed E-state index contributed by atoms with van der Waals surface area (Å²) in [6, 6.07) is 11.1. The number of carbonyl (C=O) groups is 2. The monoisotopic (exact) mass is 438 g/mol. The van der Waals surface area contributed by atoms with Gasteiger partial charge in [0.05, 0.1) is 17.3 Å². The molecule has 0 saturated carbocycles. The lowest BCUT2D eigenvalue weighted by molar-refractivity contribution is -0.121. The van der Waals surface area contributed by atoms with Gasteiger partial charge in [0.25, 0.3) is 5.91 Å². The number of nitrogens with zero attached hydrogens (tertiary/aromatic N) is 2. The van der Waals surface area contributed by atoms with Crippen molar-refractivity contribution in [3.8, 4) is 11.5 Å². The predicted molar refractivity (Wildman–Crippen MR) is 121 cm³/mol. The van der Waals surface area contributed by atoms with Gasteiger partial charge in [0.2, 0.25) is 11.8 Å². The van der Waals surface area contributed by atoms with Gasteiger partial charge in [0.15, 0.2) is 0 Å². The smallest absolute Gasteiger partial charge is 0.261 e. The maximum Gasteiger partial charge on any atom is 0.261 e. The third-order valence-corrected chi connectivity index (χ3v) is 6.29. The zero-order valence-corrected chi connectivity index (χ0v) is 18.5. The second-order valence-corrected chi connectivity index (χ2v) is 8.80. The highest BCUT2D eigenvalue weighted by molar-refractivity contribution is 7.12. The number of carbonyl (C=O) groups excluding carboxylic acids is 2. The van der Waals surface area contributed by atoms with E-state index in [1.807, 2.05) is 49.7 Å². The number of likely N-dealkylation sites (tertiary alicyclic amines) is 1. The Balaban J connectivity index is 1.42. The molecule has 2 amide bonds. The molecule has 1 aliphatic heterocycles. The van der Waals surface area contributed by atoms with Crippen molar-refractivity contribution in [3.63, 3.8) is 0 Å². The number of aromatic nitrogens is 1. The molecule has 8 heteroatoms. The SMILES string of the molecule is Cc1oc(-c2cccc(NC(=O)C3CCCN(C)C3)c2)nc1CNC(=O)c1cccs1. The number of rotatable bonds is 6. The fourth-order valence-corrected chi connectivity index (χ4v) is 4.37. The second kappa shape index (κ2) is 9.45. The number of piperidine rings is 1. The van der Waals surface area contributed by atoms with Crippen molar-refractivity contribution in [1.82, 2.24) is 15.2 Å². The van der Waals surface area contributed by atoms with Crippen LogP contribution in [0.2, 0.25) is 0 Å². The second-order valence-electron chi connectivity index (χ2n) is 7.85. The van der Waals surface area contributed by atoms with Crippen molar-refractivity contribution >= 4 is 28.8 Å².